The first-order valence-electron chi connectivity index (χ1n) is 7.19. The first-order chi connectivity index (χ1) is 11.1. The minimum atomic E-state index is -3.68. The summed E-state index contributed by atoms with van der Waals surface area (Å²) < 4.78 is 33.2. The Kier molecular flexibility index (Phi) is 4.16. The Labute approximate surface area is 135 Å². The van der Waals surface area contributed by atoms with Gasteiger partial charge in [0.25, 0.3) is 10.0 Å². The third kappa shape index (κ3) is 3.27. The van der Waals surface area contributed by atoms with Gasteiger partial charge in [0.1, 0.15) is 5.75 Å². The van der Waals surface area contributed by atoms with Crippen LogP contribution in [0.5, 0.6) is 5.75 Å². The number of nitrogens with zero attached hydrogens (tertiary/aromatic N) is 1. The van der Waals surface area contributed by atoms with Gasteiger partial charge in [-0.2, -0.15) is 0 Å². The molecule has 3 aromatic rings. The average Bonchev–Trinajstić information content (AvgIpc) is 2.56. The summed E-state index contributed by atoms with van der Waals surface area (Å²) in [5.41, 5.74) is 0.978. The van der Waals surface area contributed by atoms with E-state index in [0.29, 0.717) is 23.6 Å². The highest BCUT2D eigenvalue weighted by atomic mass is 32.2. The summed E-state index contributed by atoms with van der Waals surface area (Å²) >= 11 is 0. The van der Waals surface area contributed by atoms with Gasteiger partial charge in [0.05, 0.1) is 22.7 Å². The molecule has 0 saturated heterocycles. The summed E-state index contributed by atoms with van der Waals surface area (Å²) in [7, 11) is -3.68. The van der Waals surface area contributed by atoms with Crippen LogP contribution < -0.4 is 9.46 Å². The lowest BCUT2D eigenvalue weighted by molar-refractivity contribution is 0.341. The normalized spacial score (nSPS) is 11.3. The minimum Gasteiger partial charge on any atom is -0.494 e. The van der Waals surface area contributed by atoms with Crippen LogP contribution in [0.3, 0.4) is 0 Å². The average molecular weight is 328 g/mol. The molecular formula is C17H16N2O3S. The third-order valence-electron chi connectivity index (χ3n) is 3.29. The second kappa shape index (κ2) is 6.26. The molecule has 0 atom stereocenters. The number of fused-ring (bicyclic) bond motifs is 1. The van der Waals surface area contributed by atoms with Gasteiger partial charge < -0.3 is 4.74 Å². The van der Waals surface area contributed by atoms with E-state index in [1.54, 1.807) is 48.7 Å². The Morgan fingerprint density at radius 1 is 1.09 bits per heavy atom. The standard InChI is InChI=1S/C17H16N2O3S/c1-2-22-14-11-13-7-6-10-18-17(13)16(12-14)19-23(20,21)15-8-4-3-5-9-15/h3-12,19H,2H2,1H3. The van der Waals surface area contributed by atoms with Crippen molar-refractivity contribution in [1.82, 2.24) is 4.98 Å². The number of hydrogen-bond acceptors (Lipinski definition) is 4. The van der Waals surface area contributed by atoms with Crippen molar-refractivity contribution in [3.63, 3.8) is 0 Å². The SMILES string of the molecule is CCOc1cc(NS(=O)(=O)c2ccccc2)c2ncccc2c1. The van der Waals surface area contributed by atoms with E-state index >= 15 is 0 Å². The number of sulfonamides is 1. The van der Waals surface area contributed by atoms with Gasteiger partial charge in [-0.05, 0) is 31.2 Å². The lowest BCUT2D eigenvalue weighted by atomic mass is 10.2. The summed E-state index contributed by atoms with van der Waals surface area (Å²) in [6.07, 6.45) is 1.63. The molecule has 5 nitrogen and oxygen atoms in total. The zero-order valence-corrected chi connectivity index (χ0v) is 13.4. The fourth-order valence-electron chi connectivity index (χ4n) is 2.30. The molecule has 0 unspecified atom stereocenters. The predicted molar refractivity (Wildman–Crippen MR) is 90.2 cm³/mol. The maximum absolute atomic E-state index is 12.5. The zero-order chi connectivity index (χ0) is 16.3. The highest BCUT2D eigenvalue weighted by Gasteiger charge is 2.16. The fourth-order valence-corrected chi connectivity index (χ4v) is 3.37. The van der Waals surface area contributed by atoms with Crippen LogP contribution in [-0.4, -0.2) is 20.0 Å². The van der Waals surface area contributed by atoms with E-state index in [1.807, 2.05) is 19.1 Å². The van der Waals surface area contributed by atoms with E-state index in [2.05, 4.69) is 9.71 Å². The van der Waals surface area contributed by atoms with Crippen LogP contribution in [-0.2, 0) is 10.0 Å². The molecule has 1 aromatic heterocycles. The van der Waals surface area contributed by atoms with Gasteiger partial charge in [0, 0.05) is 17.6 Å². The van der Waals surface area contributed by atoms with Crippen molar-refractivity contribution < 1.29 is 13.2 Å². The quantitative estimate of drug-likeness (QED) is 0.779. The molecular weight excluding hydrogens is 312 g/mol. The molecule has 0 aliphatic carbocycles. The minimum absolute atomic E-state index is 0.200. The largest absolute Gasteiger partial charge is 0.494 e. The molecule has 3 rings (SSSR count). The molecule has 1 N–H and O–H groups in total. The molecule has 0 amide bonds. The van der Waals surface area contributed by atoms with Crippen molar-refractivity contribution in [2.24, 2.45) is 0 Å². The molecule has 0 radical (unpaired) electrons. The number of aromatic nitrogens is 1. The maximum atomic E-state index is 12.5. The van der Waals surface area contributed by atoms with Crippen LogP contribution in [0.1, 0.15) is 6.92 Å². The van der Waals surface area contributed by atoms with E-state index in [1.165, 1.54) is 0 Å². The first-order valence-corrected chi connectivity index (χ1v) is 8.68. The summed E-state index contributed by atoms with van der Waals surface area (Å²) in [5.74, 6) is 0.596. The van der Waals surface area contributed by atoms with Gasteiger partial charge in [-0.3, -0.25) is 9.71 Å². The number of benzene rings is 2. The van der Waals surface area contributed by atoms with Crippen LogP contribution >= 0.6 is 0 Å². The predicted octanol–water partition coefficient (Wildman–Crippen LogP) is 3.43. The van der Waals surface area contributed by atoms with Crippen molar-refractivity contribution in [1.29, 1.82) is 0 Å². The lowest BCUT2D eigenvalue weighted by Crippen LogP contribution is -2.13. The highest BCUT2D eigenvalue weighted by Crippen LogP contribution is 2.29. The lowest BCUT2D eigenvalue weighted by Gasteiger charge is -2.12. The Bertz CT molecular complexity index is 925. The molecule has 2 aromatic carbocycles. The van der Waals surface area contributed by atoms with Gasteiger partial charge >= 0.3 is 0 Å². The van der Waals surface area contributed by atoms with Gasteiger partial charge in [-0.15, -0.1) is 0 Å². The summed E-state index contributed by atoms with van der Waals surface area (Å²) in [5, 5.41) is 0.809. The molecule has 118 valence electrons. The molecule has 0 spiro atoms. The molecule has 0 bridgehead atoms. The molecule has 0 saturated carbocycles. The number of rotatable bonds is 5. The number of hydrogen-bond donors (Lipinski definition) is 1. The van der Waals surface area contributed by atoms with Gasteiger partial charge in [-0.1, -0.05) is 24.3 Å². The molecule has 0 aliphatic rings. The molecule has 0 aliphatic heterocycles. The topological polar surface area (TPSA) is 68.3 Å². The Balaban J connectivity index is 2.08. The summed E-state index contributed by atoms with van der Waals surface area (Å²) in [6, 6.07) is 15.4. The van der Waals surface area contributed by atoms with E-state index in [4.69, 9.17) is 4.74 Å². The maximum Gasteiger partial charge on any atom is 0.261 e. The Morgan fingerprint density at radius 3 is 2.61 bits per heavy atom. The smallest absolute Gasteiger partial charge is 0.261 e. The summed E-state index contributed by atoms with van der Waals surface area (Å²) in [6.45, 7) is 2.37. The molecule has 0 fully saturated rings. The Morgan fingerprint density at radius 2 is 1.87 bits per heavy atom. The second-order valence-corrected chi connectivity index (χ2v) is 6.58. The van der Waals surface area contributed by atoms with Crippen molar-refractivity contribution in [3.05, 3.63) is 60.8 Å². The van der Waals surface area contributed by atoms with E-state index in [9.17, 15) is 8.42 Å². The van der Waals surface area contributed by atoms with Crippen LogP contribution in [0, 0.1) is 0 Å². The van der Waals surface area contributed by atoms with E-state index in [0.717, 1.165) is 5.39 Å². The number of pyridine rings is 1. The van der Waals surface area contributed by atoms with Crippen LogP contribution in [0.4, 0.5) is 5.69 Å². The van der Waals surface area contributed by atoms with Crippen LogP contribution in [0.15, 0.2) is 65.7 Å². The van der Waals surface area contributed by atoms with Crippen molar-refractivity contribution >= 4 is 26.6 Å². The fraction of sp³-hybridized carbons (Fsp3) is 0.118. The molecule has 23 heavy (non-hydrogen) atoms. The number of ether oxygens (including phenoxy) is 1. The van der Waals surface area contributed by atoms with Gasteiger partial charge in [0.15, 0.2) is 0 Å². The van der Waals surface area contributed by atoms with Gasteiger partial charge in [-0.25, -0.2) is 8.42 Å². The van der Waals surface area contributed by atoms with E-state index < -0.39 is 10.0 Å². The number of nitrogens with one attached hydrogen (secondary N) is 1. The van der Waals surface area contributed by atoms with E-state index in [-0.39, 0.29) is 4.90 Å². The van der Waals surface area contributed by atoms with Crippen LogP contribution in [0.2, 0.25) is 0 Å². The molecule has 6 heteroatoms. The zero-order valence-electron chi connectivity index (χ0n) is 12.6. The third-order valence-corrected chi connectivity index (χ3v) is 4.67. The van der Waals surface area contributed by atoms with Crippen LogP contribution in [0.25, 0.3) is 10.9 Å². The highest BCUT2D eigenvalue weighted by molar-refractivity contribution is 7.92. The summed E-state index contributed by atoms with van der Waals surface area (Å²) in [4.78, 5) is 4.48. The number of anilines is 1. The van der Waals surface area contributed by atoms with Crippen molar-refractivity contribution in [3.8, 4) is 5.75 Å². The first kappa shape index (κ1) is 15.3. The molecule has 1 heterocycles. The van der Waals surface area contributed by atoms with Crippen molar-refractivity contribution in [2.45, 2.75) is 11.8 Å². The monoisotopic (exact) mass is 328 g/mol. The van der Waals surface area contributed by atoms with Gasteiger partial charge in [0.2, 0.25) is 0 Å². The van der Waals surface area contributed by atoms with Crippen molar-refractivity contribution in [2.75, 3.05) is 11.3 Å². The Hall–Kier alpha value is -2.60. The second-order valence-electron chi connectivity index (χ2n) is 4.90.